The Kier molecular flexibility index (Phi) is 13.5. The summed E-state index contributed by atoms with van der Waals surface area (Å²) in [4.78, 5) is 42.5. The molecule has 9 nitrogen and oxygen atoms in total. The topological polar surface area (TPSA) is 94.6 Å². The first-order valence-electron chi connectivity index (χ1n) is 12.3. The van der Waals surface area contributed by atoms with Gasteiger partial charge in [0.2, 0.25) is 11.8 Å². The summed E-state index contributed by atoms with van der Waals surface area (Å²) in [5, 5.41) is 1.97. The van der Waals surface area contributed by atoms with E-state index >= 15 is 0 Å². The molecule has 0 fully saturated rings. The van der Waals surface area contributed by atoms with Gasteiger partial charge in [-0.2, -0.15) is 0 Å². The summed E-state index contributed by atoms with van der Waals surface area (Å²) in [5.41, 5.74) is 1.00. The van der Waals surface area contributed by atoms with Gasteiger partial charge in [-0.25, -0.2) is 0 Å². The molecule has 37 heavy (non-hydrogen) atoms. The van der Waals surface area contributed by atoms with Gasteiger partial charge < -0.3 is 28.7 Å². The van der Waals surface area contributed by atoms with Crippen molar-refractivity contribution in [2.45, 2.75) is 39.2 Å². The van der Waals surface area contributed by atoms with E-state index < -0.39 is 5.97 Å². The molecule has 10 heteroatoms. The van der Waals surface area contributed by atoms with E-state index in [1.165, 1.54) is 4.90 Å². The lowest BCUT2D eigenvalue weighted by molar-refractivity contribution is -0.146. The van der Waals surface area contributed by atoms with Crippen molar-refractivity contribution in [2.75, 3.05) is 54.2 Å². The molecule has 0 spiro atoms. The number of carbonyl (C=O) groups is 3. The molecule has 0 unspecified atom stereocenters. The third-order valence-electron chi connectivity index (χ3n) is 5.70. The molecule has 0 aliphatic carbocycles. The fourth-order valence-electron chi connectivity index (χ4n) is 3.74. The van der Waals surface area contributed by atoms with Crippen molar-refractivity contribution in [3.05, 3.63) is 46.2 Å². The van der Waals surface area contributed by atoms with Crippen LogP contribution in [-0.2, 0) is 36.8 Å². The van der Waals surface area contributed by atoms with Gasteiger partial charge in [0, 0.05) is 38.1 Å². The SMILES string of the molecule is CCOC(=O)CCC(=O)N(CCCOC)CC(=O)N(CCc1ccc(OC)c(OC)c1)Cc1cccs1. The molecular weight excluding hydrogens is 496 g/mol. The zero-order valence-electron chi connectivity index (χ0n) is 22.2. The van der Waals surface area contributed by atoms with Crippen molar-refractivity contribution in [3.63, 3.8) is 0 Å². The predicted molar refractivity (Wildman–Crippen MR) is 142 cm³/mol. The van der Waals surface area contributed by atoms with Crippen LogP contribution in [0.3, 0.4) is 0 Å². The number of ether oxygens (including phenoxy) is 4. The van der Waals surface area contributed by atoms with Crippen LogP contribution in [0, 0.1) is 0 Å². The van der Waals surface area contributed by atoms with Gasteiger partial charge in [-0.05, 0) is 48.9 Å². The van der Waals surface area contributed by atoms with E-state index in [1.54, 1.807) is 44.5 Å². The second kappa shape index (κ2) is 16.6. The number of carbonyl (C=O) groups excluding carboxylic acids is 3. The van der Waals surface area contributed by atoms with Gasteiger partial charge in [0.25, 0.3) is 0 Å². The van der Waals surface area contributed by atoms with E-state index in [9.17, 15) is 14.4 Å². The highest BCUT2D eigenvalue weighted by Crippen LogP contribution is 2.28. The van der Waals surface area contributed by atoms with Gasteiger partial charge in [-0.15, -0.1) is 11.3 Å². The van der Waals surface area contributed by atoms with Crippen LogP contribution < -0.4 is 9.47 Å². The Morgan fingerprint density at radius 3 is 2.35 bits per heavy atom. The molecule has 0 atom stereocenters. The van der Waals surface area contributed by atoms with Crippen LogP contribution in [0.15, 0.2) is 35.7 Å². The normalized spacial score (nSPS) is 10.6. The summed E-state index contributed by atoms with van der Waals surface area (Å²) >= 11 is 1.58. The van der Waals surface area contributed by atoms with Gasteiger partial charge in [-0.3, -0.25) is 14.4 Å². The van der Waals surface area contributed by atoms with Crippen LogP contribution in [-0.4, -0.2) is 81.8 Å². The number of methoxy groups -OCH3 is 3. The van der Waals surface area contributed by atoms with E-state index in [4.69, 9.17) is 18.9 Å². The van der Waals surface area contributed by atoms with Crippen molar-refractivity contribution in [1.29, 1.82) is 0 Å². The molecule has 0 bridgehead atoms. The Morgan fingerprint density at radius 2 is 1.70 bits per heavy atom. The lowest BCUT2D eigenvalue weighted by Gasteiger charge is -2.28. The van der Waals surface area contributed by atoms with E-state index in [1.807, 2.05) is 35.7 Å². The van der Waals surface area contributed by atoms with Crippen molar-refractivity contribution >= 4 is 29.1 Å². The van der Waals surface area contributed by atoms with Gasteiger partial charge in [-0.1, -0.05) is 12.1 Å². The number of esters is 1. The molecule has 0 saturated carbocycles. The fraction of sp³-hybridized carbons (Fsp3) is 0.519. The lowest BCUT2D eigenvalue weighted by Crippen LogP contribution is -2.44. The summed E-state index contributed by atoms with van der Waals surface area (Å²) in [5.74, 6) is 0.441. The number of thiophene rings is 1. The number of hydrogen-bond donors (Lipinski definition) is 0. The molecule has 0 N–H and O–H groups in total. The molecule has 2 aromatic rings. The first-order chi connectivity index (χ1) is 17.9. The Labute approximate surface area is 223 Å². The maximum atomic E-state index is 13.5. The minimum atomic E-state index is -0.423. The highest BCUT2D eigenvalue weighted by molar-refractivity contribution is 7.09. The summed E-state index contributed by atoms with van der Waals surface area (Å²) in [6.45, 7) is 3.67. The molecule has 204 valence electrons. The standard InChI is InChI=1S/C27H38N2O7S/c1-5-36-27(32)12-11-25(30)28(14-7-16-33-2)20-26(31)29(19-22-8-6-17-37-22)15-13-21-9-10-23(34-3)24(18-21)35-4/h6,8-10,17-18H,5,7,11-16,19-20H2,1-4H3. The Hall–Kier alpha value is -3.11. The summed E-state index contributed by atoms with van der Waals surface area (Å²) in [6.07, 6.45) is 1.18. The molecule has 0 aliphatic rings. The summed E-state index contributed by atoms with van der Waals surface area (Å²) < 4.78 is 20.8. The van der Waals surface area contributed by atoms with Gasteiger partial charge >= 0.3 is 5.97 Å². The van der Waals surface area contributed by atoms with E-state index in [2.05, 4.69) is 0 Å². The summed E-state index contributed by atoms with van der Waals surface area (Å²) in [6, 6.07) is 9.64. The largest absolute Gasteiger partial charge is 0.493 e. The summed E-state index contributed by atoms with van der Waals surface area (Å²) in [7, 11) is 4.77. The van der Waals surface area contributed by atoms with Crippen molar-refractivity contribution in [3.8, 4) is 11.5 Å². The fourth-order valence-corrected chi connectivity index (χ4v) is 4.46. The highest BCUT2D eigenvalue weighted by Gasteiger charge is 2.22. The zero-order chi connectivity index (χ0) is 27.0. The number of nitrogens with zero attached hydrogens (tertiary/aromatic N) is 2. The average molecular weight is 535 g/mol. The second-order valence-corrected chi connectivity index (χ2v) is 9.33. The van der Waals surface area contributed by atoms with Crippen LogP contribution in [0.1, 0.15) is 36.6 Å². The first-order valence-corrected chi connectivity index (χ1v) is 13.2. The van der Waals surface area contributed by atoms with Gasteiger partial charge in [0.1, 0.15) is 0 Å². The van der Waals surface area contributed by atoms with Crippen molar-refractivity contribution in [2.24, 2.45) is 0 Å². The van der Waals surface area contributed by atoms with Crippen molar-refractivity contribution < 1.29 is 33.3 Å². The molecule has 1 aromatic carbocycles. The highest BCUT2D eigenvalue weighted by atomic mass is 32.1. The second-order valence-electron chi connectivity index (χ2n) is 8.30. The van der Waals surface area contributed by atoms with Crippen LogP contribution in [0.2, 0.25) is 0 Å². The number of benzene rings is 1. The lowest BCUT2D eigenvalue weighted by atomic mass is 10.1. The molecule has 0 saturated heterocycles. The molecule has 0 radical (unpaired) electrons. The third-order valence-corrected chi connectivity index (χ3v) is 6.56. The average Bonchev–Trinajstić information content (AvgIpc) is 3.42. The van der Waals surface area contributed by atoms with Gasteiger partial charge in [0.15, 0.2) is 11.5 Å². The Balaban J connectivity index is 2.12. The number of amides is 2. The molecule has 2 amide bonds. The Bertz CT molecular complexity index is 981. The molecule has 1 aromatic heterocycles. The first kappa shape index (κ1) is 30.1. The third kappa shape index (κ3) is 10.4. The molecule has 0 aliphatic heterocycles. The zero-order valence-corrected chi connectivity index (χ0v) is 23.0. The molecule has 2 rings (SSSR count). The van der Waals surface area contributed by atoms with Crippen LogP contribution in [0.5, 0.6) is 11.5 Å². The van der Waals surface area contributed by atoms with Gasteiger partial charge in [0.05, 0.1) is 40.3 Å². The minimum Gasteiger partial charge on any atom is -0.493 e. The smallest absolute Gasteiger partial charge is 0.306 e. The van der Waals surface area contributed by atoms with Crippen molar-refractivity contribution in [1.82, 2.24) is 9.80 Å². The van der Waals surface area contributed by atoms with Crippen LogP contribution in [0.4, 0.5) is 0 Å². The predicted octanol–water partition coefficient (Wildman–Crippen LogP) is 3.55. The monoisotopic (exact) mass is 534 g/mol. The minimum absolute atomic E-state index is 0.00430. The molecule has 1 heterocycles. The quantitative estimate of drug-likeness (QED) is 0.226. The van der Waals surface area contributed by atoms with E-state index in [-0.39, 0.29) is 37.8 Å². The maximum absolute atomic E-state index is 13.5. The van der Waals surface area contributed by atoms with Crippen LogP contribution >= 0.6 is 11.3 Å². The van der Waals surface area contributed by atoms with Crippen LogP contribution in [0.25, 0.3) is 0 Å². The van der Waals surface area contributed by atoms with E-state index in [0.29, 0.717) is 50.6 Å². The van der Waals surface area contributed by atoms with E-state index in [0.717, 1.165) is 10.4 Å². The number of hydrogen-bond acceptors (Lipinski definition) is 8. The maximum Gasteiger partial charge on any atom is 0.306 e. The number of rotatable bonds is 17. The molecular formula is C27H38N2O7S. The Morgan fingerprint density at radius 1 is 0.919 bits per heavy atom.